The van der Waals surface area contributed by atoms with Crippen molar-refractivity contribution in [3.8, 4) is 51.6 Å². The average Bonchev–Trinajstić information content (AvgIpc) is 3.31. The van der Waals surface area contributed by atoms with Gasteiger partial charge in [0.05, 0.1) is 5.56 Å². The minimum Gasteiger partial charge on any atom is -0.206 e. The largest absolute Gasteiger partial charge is 0.206 e. The van der Waals surface area contributed by atoms with Crippen LogP contribution in [0, 0.1) is 80.8 Å². The summed E-state index contributed by atoms with van der Waals surface area (Å²) >= 11 is 0. The molecule has 0 bridgehead atoms. The van der Waals surface area contributed by atoms with Crippen molar-refractivity contribution in [3.05, 3.63) is 178 Å². The molecule has 66 heavy (non-hydrogen) atoms. The maximum absolute atomic E-state index is 13.8. The molecule has 0 saturated carbocycles. The van der Waals surface area contributed by atoms with Crippen molar-refractivity contribution in [2.24, 2.45) is 17.8 Å². The van der Waals surface area contributed by atoms with Crippen LogP contribution in [0.5, 0.6) is 0 Å². The zero-order valence-corrected chi connectivity index (χ0v) is 39.0. The number of hydrogen-bond acceptors (Lipinski definition) is 3. The quantitative estimate of drug-likeness (QED) is 0.0718. The first-order valence-electron chi connectivity index (χ1n) is 23.0. The Balaban J connectivity index is 0.000000218. The first-order chi connectivity index (χ1) is 31.7. The fraction of sp³-hybridized carbons (Fsp3) is 0.328. The van der Waals surface area contributed by atoms with Gasteiger partial charge in [0.25, 0.3) is 0 Å². The van der Waals surface area contributed by atoms with E-state index in [4.69, 9.17) is 15.8 Å². The Morgan fingerprint density at radius 1 is 0.394 bits per heavy atom. The van der Waals surface area contributed by atoms with E-state index in [2.05, 4.69) is 53.7 Å². The molecule has 8 heteroatoms. The molecule has 0 aromatic heterocycles. The summed E-state index contributed by atoms with van der Waals surface area (Å²) in [5.41, 5.74) is 6.93. The lowest BCUT2D eigenvalue weighted by Gasteiger charge is -2.12. The number of nitriles is 3. The SMILES string of the molecule is CCC(C)Cc1ccc(-c2cc(F)c(C#N)c(F)c2)cc1.CCC(C)Cc1ccc(-c2ccc(C#N)c(F)c2)cc1.CCCCCCC(C)Cc1ccc(-c2cc(F)c(C#N)c(F)c2)cc1. The summed E-state index contributed by atoms with van der Waals surface area (Å²) in [6.45, 7) is 13.3. The first kappa shape index (κ1) is 52.1. The van der Waals surface area contributed by atoms with E-state index in [9.17, 15) is 22.0 Å². The van der Waals surface area contributed by atoms with E-state index in [1.54, 1.807) is 12.1 Å². The summed E-state index contributed by atoms with van der Waals surface area (Å²) in [6.07, 6.45) is 11.7. The second kappa shape index (κ2) is 26.4. The standard InChI is InChI=1S/C22H25F2N.C18H17F2N.C18H18FN/c1-3-4-5-6-7-16(2)12-17-8-10-18(11-9-17)19-13-21(23)20(15-25)22(24)14-19;1-3-12(2)8-13-4-6-14(7-5-13)15-9-17(19)16(11-21)18(20)10-15;1-3-13(2)10-14-4-6-15(7-5-14)16-8-9-17(12-20)18(19)11-16/h8-11,13-14,16H,3-7,12H2,1-2H3;4-7,9-10,12H,3,8H2,1-2H3;4-9,11,13H,3,10H2,1-2H3. The van der Waals surface area contributed by atoms with Gasteiger partial charge in [0.2, 0.25) is 0 Å². The van der Waals surface area contributed by atoms with Crippen LogP contribution in [0.1, 0.15) is 120 Å². The fourth-order valence-electron chi connectivity index (χ4n) is 7.50. The van der Waals surface area contributed by atoms with Gasteiger partial charge in [-0.25, -0.2) is 22.0 Å². The Bertz CT molecular complexity index is 2550. The van der Waals surface area contributed by atoms with E-state index in [-0.39, 0.29) is 5.56 Å². The Morgan fingerprint density at radius 2 is 0.742 bits per heavy atom. The van der Waals surface area contributed by atoms with Crippen molar-refractivity contribution in [2.75, 3.05) is 0 Å². The molecule has 0 fully saturated rings. The zero-order valence-electron chi connectivity index (χ0n) is 39.0. The van der Waals surface area contributed by atoms with Crippen molar-refractivity contribution in [1.29, 1.82) is 15.8 Å². The van der Waals surface area contributed by atoms with Gasteiger partial charge in [-0.05, 0) is 123 Å². The Kier molecular flexibility index (Phi) is 20.8. The molecule has 0 saturated heterocycles. The van der Waals surface area contributed by atoms with Gasteiger partial charge < -0.3 is 0 Å². The normalized spacial score (nSPS) is 11.9. The minimum absolute atomic E-state index is 0.0853. The highest BCUT2D eigenvalue weighted by Gasteiger charge is 2.14. The van der Waals surface area contributed by atoms with Gasteiger partial charge in [-0.15, -0.1) is 0 Å². The van der Waals surface area contributed by atoms with Crippen LogP contribution >= 0.6 is 0 Å². The third-order valence-corrected chi connectivity index (χ3v) is 12.0. The topological polar surface area (TPSA) is 71.4 Å². The summed E-state index contributed by atoms with van der Waals surface area (Å²) in [5, 5.41) is 26.2. The van der Waals surface area contributed by atoms with Crippen LogP contribution in [0.25, 0.3) is 33.4 Å². The predicted molar refractivity (Wildman–Crippen MR) is 258 cm³/mol. The van der Waals surface area contributed by atoms with Crippen LogP contribution in [0.2, 0.25) is 0 Å². The second-order valence-electron chi connectivity index (χ2n) is 17.3. The number of nitrogens with zero attached hydrogens (tertiary/aromatic N) is 3. The molecule has 342 valence electrons. The highest BCUT2D eigenvalue weighted by Crippen LogP contribution is 2.28. The fourth-order valence-corrected chi connectivity index (χ4v) is 7.50. The maximum Gasteiger partial charge on any atom is 0.144 e. The molecular formula is C58H60F5N3. The number of hydrogen-bond donors (Lipinski definition) is 0. The molecule has 0 aliphatic carbocycles. The molecule has 3 atom stereocenters. The van der Waals surface area contributed by atoms with Gasteiger partial charge in [0.15, 0.2) is 0 Å². The smallest absolute Gasteiger partial charge is 0.144 e. The van der Waals surface area contributed by atoms with Crippen LogP contribution in [-0.4, -0.2) is 0 Å². The molecule has 6 rings (SSSR count). The highest BCUT2D eigenvalue weighted by molar-refractivity contribution is 5.67. The maximum atomic E-state index is 13.8. The molecule has 3 nitrogen and oxygen atoms in total. The van der Waals surface area contributed by atoms with E-state index in [0.717, 1.165) is 47.9 Å². The average molecular weight is 894 g/mol. The van der Waals surface area contributed by atoms with Gasteiger partial charge >= 0.3 is 0 Å². The second-order valence-corrected chi connectivity index (χ2v) is 17.3. The van der Waals surface area contributed by atoms with Gasteiger partial charge in [0.1, 0.15) is 58.4 Å². The van der Waals surface area contributed by atoms with Crippen LogP contribution in [0.3, 0.4) is 0 Å². The lowest BCUT2D eigenvalue weighted by atomic mass is 9.94. The zero-order chi connectivity index (χ0) is 48.2. The van der Waals surface area contributed by atoms with E-state index in [1.807, 2.05) is 66.7 Å². The molecule has 6 aromatic carbocycles. The van der Waals surface area contributed by atoms with Gasteiger partial charge in [-0.3, -0.25) is 0 Å². The number of rotatable bonds is 16. The predicted octanol–water partition coefficient (Wildman–Crippen LogP) is 16.7. The third-order valence-electron chi connectivity index (χ3n) is 12.0. The van der Waals surface area contributed by atoms with Crippen molar-refractivity contribution in [2.45, 2.75) is 106 Å². The number of benzene rings is 6. The van der Waals surface area contributed by atoms with Crippen molar-refractivity contribution < 1.29 is 22.0 Å². The molecule has 0 spiro atoms. The van der Waals surface area contributed by atoms with E-state index in [1.165, 1.54) is 97.7 Å². The van der Waals surface area contributed by atoms with E-state index >= 15 is 0 Å². The minimum atomic E-state index is -0.823. The number of unbranched alkanes of at least 4 members (excludes halogenated alkanes) is 3. The van der Waals surface area contributed by atoms with Crippen molar-refractivity contribution >= 4 is 0 Å². The summed E-state index contributed by atoms with van der Waals surface area (Å²) in [4.78, 5) is 0. The van der Waals surface area contributed by atoms with Crippen molar-refractivity contribution in [3.63, 3.8) is 0 Å². The Labute approximate surface area is 389 Å². The summed E-state index contributed by atoms with van der Waals surface area (Å²) < 4.78 is 68.4. The lowest BCUT2D eigenvalue weighted by molar-refractivity contribution is 0.487. The van der Waals surface area contributed by atoms with Crippen LogP contribution in [0.15, 0.2) is 115 Å². The summed E-state index contributed by atoms with van der Waals surface area (Å²) in [6, 6.07) is 38.2. The highest BCUT2D eigenvalue weighted by atomic mass is 19.1. The van der Waals surface area contributed by atoms with Crippen molar-refractivity contribution in [1.82, 2.24) is 0 Å². The Morgan fingerprint density at radius 3 is 1.08 bits per heavy atom. The molecule has 6 aromatic rings. The molecular weight excluding hydrogens is 834 g/mol. The van der Waals surface area contributed by atoms with Gasteiger partial charge in [-0.2, -0.15) is 15.8 Å². The summed E-state index contributed by atoms with van der Waals surface area (Å²) in [7, 11) is 0. The van der Waals surface area contributed by atoms with Crippen LogP contribution in [-0.2, 0) is 19.3 Å². The molecule has 0 heterocycles. The van der Waals surface area contributed by atoms with E-state index in [0.29, 0.717) is 28.9 Å². The van der Waals surface area contributed by atoms with Gasteiger partial charge in [0, 0.05) is 0 Å². The molecule has 0 radical (unpaired) electrons. The van der Waals surface area contributed by atoms with Crippen LogP contribution < -0.4 is 0 Å². The van der Waals surface area contributed by atoms with E-state index < -0.39 is 40.2 Å². The third kappa shape index (κ3) is 15.6. The molecule has 0 aliphatic heterocycles. The summed E-state index contributed by atoms with van der Waals surface area (Å²) in [5.74, 6) is -1.83. The monoisotopic (exact) mass is 893 g/mol. The molecule has 0 amide bonds. The molecule has 0 N–H and O–H groups in total. The first-order valence-corrected chi connectivity index (χ1v) is 23.0. The Hall–Kier alpha value is -6.56. The molecule has 3 unspecified atom stereocenters. The van der Waals surface area contributed by atoms with Gasteiger partial charge in [-0.1, -0.05) is 165 Å². The number of halogens is 5. The van der Waals surface area contributed by atoms with Crippen LogP contribution in [0.4, 0.5) is 22.0 Å². The lowest BCUT2D eigenvalue weighted by Crippen LogP contribution is -2.00. The molecule has 0 aliphatic rings.